The molecule has 1 unspecified atom stereocenters. The summed E-state index contributed by atoms with van der Waals surface area (Å²) < 4.78 is 2.06. The van der Waals surface area contributed by atoms with Gasteiger partial charge in [0, 0.05) is 30.0 Å². The molecule has 100 valence electrons. The van der Waals surface area contributed by atoms with Gasteiger partial charge in [0.2, 0.25) is 0 Å². The van der Waals surface area contributed by atoms with Gasteiger partial charge in [-0.2, -0.15) is 5.10 Å². The lowest BCUT2D eigenvalue weighted by molar-refractivity contribution is 0.484. The van der Waals surface area contributed by atoms with Gasteiger partial charge in [-0.25, -0.2) is 4.68 Å². The summed E-state index contributed by atoms with van der Waals surface area (Å²) >= 11 is 0. The van der Waals surface area contributed by atoms with Crippen LogP contribution >= 0.6 is 0 Å². The minimum Gasteiger partial charge on any atom is -0.399 e. The van der Waals surface area contributed by atoms with Crippen LogP contribution in [0.25, 0.3) is 10.9 Å². The van der Waals surface area contributed by atoms with Crippen molar-refractivity contribution < 1.29 is 0 Å². The molecule has 0 fully saturated rings. The van der Waals surface area contributed by atoms with Gasteiger partial charge >= 0.3 is 0 Å². The van der Waals surface area contributed by atoms with Crippen molar-refractivity contribution in [3.8, 4) is 0 Å². The Labute approximate surface area is 116 Å². The fraction of sp³-hybridized carbons (Fsp3) is 0.200. The molecule has 1 atom stereocenters. The van der Waals surface area contributed by atoms with Crippen LogP contribution in [0.2, 0.25) is 0 Å². The van der Waals surface area contributed by atoms with E-state index in [0.29, 0.717) is 0 Å². The Morgan fingerprint density at radius 2 is 2.25 bits per heavy atom. The van der Waals surface area contributed by atoms with Crippen LogP contribution in [0.1, 0.15) is 18.0 Å². The lowest BCUT2D eigenvalue weighted by atomic mass is 10.0. The number of anilines is 2. The highest BCUT2D eigenvalue weighted by Gasteiger charge is 2.24. The monoisotopic (exact) mass is 265 g/mol. The lowest BCUT2D eigenvalue weighted by Gasteiger charge is -2.25. The molecule has 0 amide bonds. The Morgan fingerprint density at radius 1 is 1.30 bits per heavy atom. The summed E-state index contributed by atoms with van der Waals surface area (Å²) in [6.45, 7) is 0.935. The molecular weight excluding hydrogens is 250 g/mol. The number of nitrogens with one attached hydrogen (secondary N) is 1. The molecule has 3 aromatic rings. The standard InChI is InChI=1S/C15H15N5/c16-11-3-4-12-13(8-11)19-20-14(5-7-18-15(12)20)10-2-1-6-17-9-10/h1-4,6,8-9,14,18H,5,7,16H2. The first-order chi connectivity index (χ1) is 9.83. The van der Waals surface area contributed by atoms with Crippen LogP contribution in [0.4, 0.5) is 11.5 Å². The van der Waals surface area contributed by atoms with E-state index in [1.807, 2.05) is 30.5 Å². The van der Waals surface area contributed by atoms with Gasteiger partial charge in [0.15, 0.2) is 0 Å². The van der Waals surface area contributed by atoms with Crippen LogP contribution < -0.4 is 11.1 Å². The maximum Gasteiger partial charge on any atom is 0.132 e. The third-order valence-corrected chi connectivity index (χ3v) is 3.80. The van der Waals surface area contributed by atoms with Gasteiger partial charge in [-0.15, -0.1) is 0 Å². The summed E-state index contributed by atoms with van der Waals surface area (Å²) in [5.41, 5.74) is 8.71. The van der Waals surface area contributed by atoms with E-state index < -0.39 is 0 Å². The molecule has 2 aromatic heterocycles. The Bertz CT molecular complexity index is 763. The number of nitrogen functional groups attached to an aromatic ring is 1. The van der Waals surface area contributed by atoms with E-state index >= 15 is 0 Å². The smallest absolute Gasteiger partial charge is 0.132 e. The number of nitrogens with two attached hydrogens (primary N) is 1. The second kappa shape index (κ2) is 4.23. The minimum atomic E-state index is 0.230. The predicted molar refractivity (Wildman–Crippen MR) is 79.6 cm³/mol. The number of aromatic nitrogens is 3. The van der Waals surface area contributed by atoms with Gasteiger partial charge in [0.25, 0.3) is 0 Å². The number of benzene rings is 1. The molecule has 3 heterocycles. The molecule has 1 aromatic carbocycles. The fourth-order valence-corrected chi connectivity index (χ4v) is 2.85. The quantitative estimate of drug-likeness (QED) is 0.663. The van der Waals surface area contributed by atoms with Crippen LogP contribution in [0, 0.1) is 0 Å². The maximum absolute atomic E-state index is 5.85. The van der Waals surface area contributed by atoms with Crippen LogP contribution in [-0.2, 0) is 0 Å². The van der Waals surface area contributed by atoms with Crippen LogP contribution in [0.5, 0.6) is 0 Å². The number of hydrogen-bond donors (Lipinski definition) is 2. The number of pyridine rings is 1. The molecule has 20 heavy (non-hydrogen) atoms. The first kappa shape index (κ1) is 11.3. The summed E-state index contributed by atoms with van der Waals surface area (Å²) in [5.74, 6) is 1.07. The highest BCUT2D eigenvalue weighted by Crippen LogP contribution is 2.34. The summed E-state index contributed by atoms with van der Waals surface area (Å²) in [5, 5.41) is 9.28. The topological polar surface area (TPSA) is 68.8 Å². The molecule has 1 aliphatic rings. The molecule has 5 heteroatoms. The van der Waals surface area contributed by atoms with Crippen LogP contribution in [0.3, 0.4) is 0 Å². The fourth-order valence-electron chi connectivity index (χ4n) is 2.85. The van der Waals surface area contributed by atoms with Gasteiger partial charge in [0.1, 0.15) is 5.82 Å². The molecule has 3 N–H and O–H groups in total. The molecule has 0 saturated heterocycles. The van der Waals surface area contributed by atoms with E-state index in [1.165, 1.54) is 5.56 Å². The highest BCUT2D eigenvalue weighted by molar-refractivity contribution is 5.92. The van der Waals surface area contributed by atoms with E-state index in [-0.39, 0.29) is 6.04 Å². The number of hydrogen-bond acceptors (Lipinski definition) is 4. The number of fused-ring (bicyclic) bond motifs is 3. The molecule has 0 spiro atoms. The van der Waals surface area contributed by atoms with E-state index in [4.69, 9.17) is 10.8 Å². The summed E-state index contributed by atoms with van der Waals surface area (Å²) in [6.07, 6.45) is 4.72. The summed E-state index contributed by atoms with van der Waals surface area (Å²) in [7, 11) is 0. The Balaban J connectivity index is 1.91. The highest BCUT2D eigenvalue weighted by atomic mass is 15.4. The number of nitrogens with zero attached hydrogens (tertiary/aromatic N) is 3. The normalized spacial score (nSPS) is 17.7. The molecular formula is C15H15N5. The molecule has 0 aliphatic carbocycles. The summed E-state index contributed by atoms with van der Waals surface area (Å²) in [4.78, 5) is 4.22. The first-order valence-electron chi connectivity index (χ1n) is 6.74. The molecule has 0 saturated carbocycles. The third kappa shape index (κ3) is 1.63. The molecule has 4 rings (SSSR count). The van der Waals surface area contributed by atoms with Crippen LogP contribution in [0.15, 0.2) is 42.7 Å². The van der Waals surface area contributed by atoms with Crippen molar-refractivity contribution in [1.29, 1.82) is 0 Å². The van der Waals surface area contributed by atoms with Crippen molar-refractivity contribution in [2.45, 2.75) is 12.5 Å². The minimum absolute atomic E-state index is 0.230. The van der Waals surface area contributed by atoms with E-state index in [0.717, 1.165) is 35.4 Å². The Hall–Kier alpha value is -2.56. The molecule has 1 aliphatic heterocycles. The molecule has 0 bridgehead atoms. The largest absolute Gasteiger partial charge is 0.399 e. The summed E-state index contributed by atoms with van der Waals surface area (Å²) in [6, 6.07) is 10.2. The maximum atomic E-state index is 5.85. The van der Waals surface area contributed by atoms with Crippen molar-refractivity contribution in [1.82, 2.24) is 14.8 Å². The SMILES string of the molecule is Nc1ccc2c3n(nc2c1)C(c1cccnc1)CCN3. The average molecular weight is 265 g/mol. The lowest BCUT2D eigenvalue weighted by Crippen LogP contribution is -2.24. The second-order valence-electron chi connectivity index (χ2n) is 5.09. The Morgan fingerprint density at radius 3 is 3.10 bits per heavy atom. The molecule has 5 nitrogen and oxygen atoms in total. The van der Waals surface area contributed by atoms with Crippen LogP contribution in [-0.4, -0.2) is 21.3 Å². The van der Waals surface area contributed by atoms with Gasteiger partial charge in [-0.05, 0) is 36.2 Å². The molecule has 0 radical (unpaired) electrons. The van der Waals surface area contributed by atoms with Gasteiger partial charge in [-0.1, -0.05) is 6.07 Å². The van der Waals surface area contributed by atoms with Crippen molar-refractivity contribution >= 4 is 22.4 Å². The zero-order valence-corrected chi connectivity index (χ0v) is 11.0. The second-order valence-corrected chi connectivity index (χ2v) is 5.09. The van der Waals surface area contributed by atoms with Crippen molar-refractivity contribution in [2.75, 3.05) is 17.6 Å². The van der Waals surface area contributed by atoms with Gasteiger partial charge in [-0.3, -0.25) is 4.98 Å². The van der Waals surface area contributed by atoms with E-state index in [1.54, 1.807) is 6.20 Å². The van der Waals surface area contributed by atoms with Crippen molar-refractivity contribution in [3.05, 3.63) is 48.3 Å². The van der Waals surface area contributed by atoms with Gasteiger partial charge < -0.3 is 11.1 Å². The van der Waals surface area contributed by atoms with Crippen molar-refractivity contribution in [3.63, 3.8) is 0 Å². The average Bonchev–Trinajstić information content (AvgIpc) is 2.85. The zero-order chi connectivity index (χ0) is 13.5. The predicted octanol–water partition coefficient (Wildman–Crippen LogP) is 2.42. The Kier molecular flexibility index (Phi) is 2.39. The third-order valence-electron chi connectivity index (χ3n) is 3.80. The zero-order valence-electron chi connectivity index (χ0n) is 11.0. The van der Waals surface area contributed by atoms with E-state index in [9.17, 15) is 0 Å². The first-order valence-corrected chi connectivity index (χ1v) is 6.74. The van der Waals surface area contributed by atoms with Gasteiger partial charge in [0.05, 0.1) is 11.6 Å². The number of rotatable bonds is 1. The van der Waals surface area contributed by atoms with E-state index in [2.05, 4.69) is 21.0 Å². The van der Waals surface area contributed by atoms with Crippen molar-refractivity contribution in [2.24, 2.45) is 0 Å².